The van der Waals surface area contributed by atoms with E-state index in [4.69, 9.17) is 9.57 Å². The normalized spacial score (nSPS) is 25.4. The molecule has 0 aliphatic carbocycles. The van der Waals surface area contributed by atoms with Gasteiger partial charge in [0.1, 0.15) is 24.4 Å². The summed E-state index contributed by atoms with van der Waals surface area (Å²) in [5, 5.41) is 48.7. The molecule has 182 valence electrons. The number of halogens is 3. The molecule has 0 bridgehead atoms. The van der Waals surface area contributed by atoms with E-state index >= 15 is 0 Å². The number of alkyl halides is 3. The van der Waals surface area contributed by atoms with Crippen molar-refractivity contribution in [2.75, 3.05) is 6.61 Å². The molecule has 5 unspecified atom stereocenters. The predicted molar refractivity (Wildman–Crippen MR) is 110 cm³/mol. The maximum absolute atomic E-state index is 13.9. The van der Waals surface area contributed by atoms with E-state index in [1.807, 2.05) is 0 Å². The van der Waals surface area contributed by atoms with Crippen LogP contribution >= 0.6 is 0 Å². The molecule has 0 amide bonds. The lowest BCUT2D eigenvalue weighted by atomic mass is 9.99. The molecule has 1 saturated heterocycles. The number of hydrogen-bond acceptors (Lipinski definition) is 7. The molecule has 1 fully saturated rings. The van der Waals surface area contributed by atoms with Crippen LogP contribution in [0.15, 0.2) is 48.5 Å². The van der Waals surface area contributed by atoms with Crippen LogP contribution in [0.4, 0.5) is 13.2 Å². The highest BCUT2D eigenvalue weighted by molar-refractivity contribution is 5.97. The van der Waals surface area contributed by atoms with Crippen molar-refractivity contribution in [1.82, 2.24) is 4.73 Å². The number of carboxylic acids is 1. The maximum atomic E-state index is 13.9. The van der Waals surface area contributed by atoms with Crippen LogP contribution in [-0.4, -0.2) is 73.5 Å². The molecule has 1 aromatic heterocycles. The highest BCUT2D eigenvalue weighted by atomic mass is 19.4. The summed E-state index contributed by atoms with van der Waals surface area (Å²) in [6, 6.07) is 11.0. The van der Waals surface area contributed by atoms with Gasteiger partial charge in [0.25, 0.3) is 6.29 Å². The minimum absolute atomic E-state index is 0.120. The van der Waals surface area contributed by atoms with Crippen LogP contribution in [0.5, 0.6) is 0 Å². The number of carbonyl (C=O) groups is 1. The molecule has 0 saturated carbocycles. The Bertz CT molecular complexity index is 1190. The van der Waals surface area contributed by atoms with Gasteiger partial charge in [-0.1, -0.05) is 30.3 Å². The average Bonchev–Trinajstić information content (AvgIpc) is 3.17. The monoisotopic (exact) mass is 483 g/mol. The van der Waals surface area contributed by atoms with E-state index in [-0.39, 0.29) is 11.1 Å². The number of rotatable bonds is 5. The number of aromatic nitrogens is 1. The van der Waals surface area contributed by atoms with Crippen LogP contribution in [0.1, 0.15) is 16.1 Å². The molecular formula is C22H20F3NO8. The summed E-state index contributed by atoms with van der Waals surface area (Å²) in [7, 11) is 0. The van der Waals surface area contributed by atoms with Crippen molar-refractivity contribution in [3.05, 3.63) is 59.8 Å². The molecule has 5 N–H and O–H groups in total. The van der Waals surface area contributed by atoms with Crippen molar-refractivity contribution in [2.45, 2.75) is 36.9 Å². The first-order chi connectivity index (χ1) is 16.0. The minimum atomic E-state index is -4.84. The van der Waals surface area contributed by atoms with Gasteiger partial charge < -0.3 is 35.1 Å². The molecule has 2 heterocycles. The van der Waals surface area contributed by atoms with Gasteiger partial charge in [0, 0.05) is 5.39 Å². The zero-order valence-electron chi connectivity index (χ0n) is 17.3. The number of benzene rings is 2. The standard InChI is InChI=1S/C22H20F3NO8/c23-22(24,25)13-6-11(10-4-2-1-3-5-10)7-14-12(13)8-15(20(31)32)26(14)34-21-19(30)18(29)17(28)16(9-27)33-21/h1-8,16-19,21,27-30H,9H2,(H,31,32). The molecule has 0 radical (unpaired) electrons. The fourth-order valence-electron chi connectivity index (χ4n) is 3.84. The zero-order valence-corrected chi connectivity index (χ0v) is 17.3. The molecule has 5 atom stereocenters. The van der Waals surface area contributed by atoms with Crippen molar-refractivity contribution in [3.8, 4) is 11.1 Å². The van der Waals surface area contributed by atoms with Crippen LogP contribution in [0.25, 0.3) is 22.0 Å². The van der Waals surface area contributed by atoms with Gasteiger partial charge in [-0.25, -0.2) is 4.79 Å². The Kier molecular flexibility index (Phi) is 6.27. The summed E-state index contributed by atoms with van der Waals surface area (Å²) in [5.74, 6) is -1.63. The van der Waals surface area contributed by atoms with Crippen molar-refractivity contribution >= 4 is 16.9 Å². The largest absolute Gasteiger partial charge is 0.476 e. The quantitative estimate of drug-likeness (QED) is 0.365. The summed E-state index contributed by atoms with van der Waals surface area (Å²) < 4.78 is 47.5. The Morgan fingerprint density at radius 2 is 1.68 bits per heavy atom. The summed E-state index contributed by atoms with van der Waals surface area (Å²) in [6.07, 6.45) is -13.5. The number of aliphatic hydroxyl groups excluding tert-OH is 4. The summed E-state index contributed by atoms with van der Waals surface area (Å²) in [6.45, 7) is -0.778. The topological polar surface area (TPSA) is 142 Å². The summed E-state index contributed by atoms with van der Waals surface area (Å²) in [5.41, 5.74) is -1.56. The predicted octanol–water partition coefficient (Wildman–Crippen LogP) is 1.25. The minimum Gasteiger partial charge on any atom is -0.476 e. The molecule has 9 nitrogen and oxygen atoms in total. The van der Waals surface area contributed by atoms with E-state index in [9.17, 15) is 43.5 Å². The van der Waals surface area contributed by atoms with Crippen LogP contribution in [0, 0.1) is 0 Å². The zero-order chi connectivity index (χ0) is 24.8. The van der Waals surface area contributed by atoms with Gasteiger partial charge in [-0.2, -0.15) is 17.9 Å². The molecule has 4 rings (SSSR count). The lowest BCUT2D eigenvalue weighted by Gasteiger charge is -2.39. The molecule has 34 heavy (non-hydrogen) atoms. The number of nitrogens with zero attached hydrogens (tertiary/aromatic N) is 1. The summed E-state index contributed by atoms with van der Waals surface area (Å²) >= 11 is 0. The molecule has 12 heteroatoms. The first-order valence-corrected chi connectivity index (χ1v) is 10.1. The van der Waals surface area contributed by atoms with Gasteiger partial charge in [0.2, 0.25) is 0 Å². The molecule has 1 aliphatic rings. The number of aliphatic hydroxyl groups is 4. The maximum Gasteiger partial charge on any atom is 0.417 e. The highest BCUT2D eigenvalue weighted by Gasteiger charge is 2.45. The first kappa shape index (κ1) is 24.0. The third-order valence-electron chi connectivity index (χ3n) is 5.57. The smallest absolute Gasteiger partial charge is 0.417 e. The van der Waals surface area contributed by atoms with Gasteiger partial charge in [-0.15, -0.1) is 0 Å². The van der Waals surface area contributed by atoms with Gasteiger partial charge in [0.05, 0.1) is 17.7 Å². The Morgan fingerprint density at radius 3 is 2.26 bits per heavy atom. The second kappa shape index (κ2) is 8.89. The van der Waals surface area contributed by atoms with Crippen molar-refractivity contribution < 1.29 is 53.1 Å². The van der Waals surface area contributed by atoms with Gasteiger partial charge in [0.15, 0.2) is 5.69 Å². The highest BCUT2D eigenvalue weighted by Crippen LogP contribution is 2.39. The van der Waals surface area contributed by atoms with Gasteiger partial charge in [-0.3, -0.25) is 0 Å². The molecule has 1 aliphatic heterocycles. The third kappa shape index (κ3) is 4.21. The second-order valence-electron chi connectivity index (χ2n) is 7.75. The molecule has 2 aromatic carbocycles. The van der Waals surface area contributed by atoms with Crippen LogP contribution < -0.4 is 4.84 Å². The SMILES string of the molecule is O=C(O)c1cc2c(C(F)(F)F)cc(-c3ccccc3)cc2n1OC1OC(CO)C(O)C(O)C1O. The van der Waals surface area contributed by atoms with Gasteiger partial charge >= 0.3 is 12.1 Å². The van der Waals surface area contributed by atoms with E-state index in [0.29, 0.717) is 10.3 Å². The van der Waals surface area contributed by atoms with Crippen molar-refractivity contribution in [1.29, 1.82) is 0 Å². The number of hydrogen-bond donors (Lipinski definition) is 5. The molecule has 0 spiro atoms. The fourth-order valence-corrected chi connectivity index (χ4v) is 3.84. The number of ether oxygens (including phenoxy) is 1. The van der Waals surface area contributed by atoms with E-state index in [0.717, 1.165) is 12.1 Å². The number of aromatic carboxylic acids is 1. The van der Waals surface area contributed by atoms with Crippen molar-refractivity contribution in [3.63, 3.8) is 0 Å². The van der Waals surface area contributed by atoms with Crippen LogP contribution in [0.3, 0.4) is 0 Å². The Hall–Kier alpha value is -3.16. The number of carboxylic acid groups (broad SMARTS) is 1. The molecule has 3 aromatic rings. The first-order valence-electron chi connectivity index (χ1n) is 10.1. The fraction of sp³-hybridized carbons (Fsp3) is 0.318. The second-order valence-corrected chi connectivity index (χ2v) is 7.75. The van der Waals surface area contributed by atoms with Gasteiger partial charge in [-0.05, 0) is 29.3 Å². The third-order valence-corrected chi connectivity index (χ3v) is 5.57. The Balaban J connectivity index is 1.90. The van der Waals surface area contributed by atoms with Crippen LogP contribution in [-0.2, 0) is 10.9 Å². The van der Waals surface area contributed by atoms with E-state index < -0.39 is 66.1 Å². The van der Waals surface area contributed by atoms with Crippen LogP contribution in [0.2, 0.25) is 0 Å². The van der Waals surface area contributed by atoms with E-state index in [1.165, 1.54) is 6.07 Å². The Morgan fingerprint density at radius 1 is 1.00 bits per heavy atom. The lowest BCUT2D eigenvalue weighted by molar-refractivity contribution is -0.299. The number of fused-ring (bicyclic) bond motifs is 1. The van der Waals surface area contributed by atoms with E-state index in [2.05, 4.69) is 0 Å². The lowest BCUT2D eigenvalue weighted by Crippen LogP contribution is -2.61. The summed E-state index contributed by atoms with van der Waals surface area (Å²) in [4.78, 5) is 17.3. The average molecular weight is 483 g/mol. The van der Waals surface area contributed by atoms with E-state index in [1.54, 1.807) is 30.3 Å². The Labute approximate surface area is 189 Å². The van der Waals surface area contributed by atoms with Crippen molar-refractivity contribution in [2.24, 2.45) is 0 Å². The molecular weight excluding hydrogens is 463 g/mol.